The van der Waals surface area contributed by atoms with Crippen LogP contribution in [0, 0.1) is 5.92 Å². The van der Waals surface area contributed by atoms with Crippen molar-refractivity contribution >= 4 is 5.91 Å². The van der Waals surface area contributed by atoms with E-state index in [-0.39, 0.29) is 12.0 Å². The summed E-state index contributed by atoms with van der Waals surface area (Å²) in [4.78, 5) is 16.8. The number of rotatable bonds is 6. The first-order chi connectivity index (χ1) is 11.6. The first kappa shape index (κ1) is 17.2. The van der Waals surface area contributed by atoms with Crippen LogP contribution in [0.4, 0.5) is 0 Å². The van der Waals surface area contributed by atoms with Crippen molar-refractivity contribution in [3.8, 4) is 5.75 Å². The van der Waals surface area contributed by atoms with Crippen molar-refractivity contribution in [2.24, 2.45) is 5.92 Å². The minimum absolute atomic E-state index is 0.0657. The van der Waals surface area contributed by atoms with Crippen LogP contribution in [0.5, 0.6) is 5.75 Å². The summed E-state index contributed by atoms with van der Waals surface area (Å²) in [6, 6.07) is 7.57. The second-order valence-corrected chi connectivity index (χ2v) is 7.11. The van der Waals surface area contributed by atoms with E-state index in [0.29, 0.717) is 31.9 Å². The van der Waals surface area contributed by atoms with Gasteiger partial charge in [0.1, 0.15) is 11.9 Å². The quantitative estimate of drug-likeness (QED) is 0.801. The molecule has 0 aromatic heterocycles. The lowest BCUT2D eigenvalue weighted by atomic mass is 10.1. The highest BCUT2D eigenvalue weighted by Gasteiger charge is 2.28. The Morgan fingerprint density at radius 1 is 1.29 bits per heavy atom. The summed E-state index contributed by atoms with van der Waals surface area (Å²) in [5.74, 6) is 1.60. The molecule has 3 rings (SSSR count). The number of ether oxygens (including phenoxy) is 2. The molecule has 5 nitrogen and oxygen atoms in total. The Morgan fingerprint density at radius 2 is 2.04 bits per heavy atom. The van der Waals surface area contributed by atoms with E-state index >= 15 is 0 Å². The second-order valence-electron chi connectivity index (χ2n) is 7.11. The fraction of sp³-hybridized carbons (Fsp3) is 0.632. The maximum atomic E-state index is 12.5. The van der Waals surface area contributed by atoms with Gasteiger partial charge in [-0.3, -0.25) is 9.69 Å². The summed E-state index contributed by atoms with van der Waals surface area (Å²) < 4.78 is 11.3. The summed E-state index contributed by atoms with van der Waals surface area (Å²) in [5.41, 5.74) is 0.699. The molecule has 132 valence electrons. The zero-order valence-corrected chi connectivity index (χ0v) is 14.7. The van der Waals surface area contributed by atoms with Crippen molar-refractivity contribution in [3.63, 3.8) is 0 Å². The molecule has 0 saturated carbocycles. The average molecular weight is 332 g/mol. The number of amides is 1. The van der Waals surface area contributed by atoms with E-state index in [1.165, 1.54) is 6.42 Å². The molecule has 0 aliphatic carbocycles. The van der Waals surface area contributed by atoms with Gasteiger partial charge in [-0.15, -0.1) is 0 Å². The Labute approximate surface area is 144 Å². The van der Waals surface area contributed by atoms with Crippen LogP contribution in [-0.2, 0) is 4.74 Å². The summed E-state index contributed by atoms with van der Waals surface area (Å²) in [7, 11) is 0. The van der Waals surface area contributed by atoms with Crippen LogP contribution in [0.1, 0.15) is 30.6 Å². The molecule has 0 atom stereocenters. The maximum Gasteiger partial charge on any atom is 0.254 e. The van der Waals surface area contributed by atoms with Crippen molar-refractivity contribution in [1.29, 1.82) is 0 Å². The van der Waals surface area contributed by atoms with Crippen LogP contribution in [0.2, 0.25) is 0 Å². The number of morpholine rings is 1. The summed E-state index contributed by atoms with van der Waals surface area (Å²) in [6.07, 6.45) is 1.47. The van der Waals surface area contributed by atoms with Crippen LogP contribution >= 0.6 is 0 Å². The van der Waals surface area contributed by atoms with E-state index in [1.807, 2.05) is 29.2 Å². The maximum absolute atomic E-state index is 12.5. The van der Waals surface area contributed by atoms with Crippen LogP contribution in [0.25, 0.3) is 0 Å². The van der Waals surface area contributed by atoms with Gasteiger partial charge in [0.05, 0.1) is 13.2 Å². The molecule has 2 aliphatic heterocycles. The van der Waals surface area contributed by atoms with E-state index in [0.717, 1.165) is 31.3 Å². The summed E-state index contributed by atoms with van der Waals surface area (Å²) >= 11 is 0. The molecule has 1 amide bonds. The molecule has 0 N–H and O–H groups in total. The molecule has 0 bridgehead atoms. The third-order valence-corrected chi connectivity index (χ3v) is 4.63. The molecular weight excluding hydrogens is 304 g/mol. The zero-order chi connectivity index (χ0) is 16.9. The number of carbonyl (C=O) groups excluding carboxylic acids is 1. The summed E-state index contributed by atoms with van der Waals surface area (Å²) in [6.45, 7) is 10.2. The predicted octanol–water partition coefficient (Wildman–Crippen LogP) is 2.27. The normalized spacial score (nSPS) is 19.4. The van der Waals surface area contributed by atoms with Crippen LogP contribution < -0.4 is 4.74 Å². The number of benzene rings is 1. The molecule has 2 aliphatic rings. The lowest BCUT2D eigenvalue weighted by Gasteiger charge is -2.39. The van der Waals surface area contributed by atoms with E-state index in [1.54, 1.807) is 0 Å². The Bertz CT molecular complexity index is 549. The molecule has 0 unspecified atom stereocenters. The molecule has 1 aromatic carbocycles. The first-order valence-electron chi connectivity index (χ1n) is 8.98. The number of likely N-dealkylation sites (tertiary alicyclic amines) is 1. The third kappa shape index (κ3) is 4.48. The topological polar surface area (TPSA) is 42.0 Å². The van der Waals surface area contributed by atoms with Crippen LogP contribution in [0.15, 0.2) is 24.3 Å². The van der Waals surface area contributed by atoms with Gasteiger partial charge >= 0.3 is 0 Å². The van der Waals surface area contributed by atoms with E-state index in [4.69, 9.17) is 9.47 Å². The van der Waals surface area contributed by atoms with Gasteiger partial charge in [-0.05, 0) is 37.1 Å². The Hall–Kier alpha value is -1.59. The van der Waals surface area contributed by atoms with Crippen LogP contribution in [0.3, 0.4) is 0 Å². The Morgan fingerprint density at radius 3 is 2.75 bits per heavy atom. The van der Waals surface area contributed by atoms with Crippen molar-refractivity contribution in [3.05, 3.63) is 29.8 Å². The number of hydrogen-bond donors (Lipinski definition) is 0. The summed E-state index contributed by atoms with van der Waals surface area (Å²) in [5, 5.41) is 0. The molecule has 5 heteroatoms. The standard InChI is InChI=1S/C19H28N2O3/c1-15(2)6-7-20-13-18(14-20)24-17-5-3-4-16(12-17)19(22)21-8-10-23-11-9-21/h3-5,12,15,18H,6-11,13-14H2,1-2H3. The molecular formula is C19H28N2O3. The van der Waals surface area contributed by atoms with E-state index < -0.39 is 0 Å². The number of nitrogens with zero attached hydrogens (tertiary/aromatic N) is 2. The predicted molar refractivity (Wildman–Crippen MR) is 93.5 cm³/mol. The highest BCUT2D eigenvalue weighted by atomic mass is 16.5. The molecule has 24 heavy (non-hydrogen) atoms. The Balaban J connectivity index is 1.50. The lowest BCUT2D eigenvalue weighted by molar-refractivity contribution is 0.0172. The van der Waals surface area contributed by atoms with Crippen molar-refractivity contribution in [2.75, 3.05) is 45.9 Å². The molecule has 2 heterocycles. The van der Waals surface area contributed by atoms with Crippen molar-refractivity contribution < 1.29 is 14.3 Å². The second kappa shape index (κ2) is 7.99. The molecule has 1 aromatic rings. The Kier molecular flexibility index (Phi) is 5.74. The molecule has 2 fully saturated rings. The van der Waals surface area contributed by atoms with Gasteiger partial charge in [0.25, 0.3) is 5.91 Å². The SMILES string of the molecule is CC(C)CCN1CC(Oc2cccc(C(=O)N3CCOCC3)c2)C1. The van der Waals surface area contributed by atoms with Crippen molar-refractivity contribution in [1.82, 2.24) is 9.80 Å². The molecule has 0 spiro atoms. The fourth-order valence-electron chi connectivity index (χ4n) is 3.06. The van der Waals surface area contributed by atoms with Gasteiger partial charge in [0.2, 0.25) is 0 Å². The van der Waals surface area contributed by atoms with Gasteiger partial charge in [0.15, 0.2) is 0 Å². The highest BCUT2D eigenvalue weighted by molar-refractivity contribution is 5.94. The minimum Gasteiger partial charge on any atom is -0.488 e. The van der Waals surface area contributed by atoms with Crippen LogP contribution in [-0.4, -0.2) is 67.7 Å². The van der Waals surface area contributed by atoms with Gasteiger partial charge in [-0.1, -0.05) is 19.9 Å². The lowest BCUT2D eigenvalue weighted by Crippen LogP contribution is -2.54. The average Bonchev–Trinajstić information content (AvgIpc) is 2.57. The van der Waals surface area contributed by atoms with E-state index in [2.05, 4.69) is 18.7 Å². The van der Waals surface area contributed by atoms with Crippen molar-refractivity contribution in [2.45, 2.75) is 26.4 Å². The molecule has 2 saturated heterocycles. The number of carbonyl (C=O) groups is 1. The van der Waals surface area contributed by atoms with Gasteiger partial charge < -0.3 is 14.4 Å². The number of hydrogen-bond acceptors (Lipinski definition) is 4. The first-order valence-corrected chi connectivity index (χ1v) is 8.98. The monoisotopic (exact) mass is 332 g/mol. The minimum atomic E-state index is 0.0657. The largest absolute Gasteiger partial charge is 0.488 e. The van der Waals surface area contributed by atoms with Gasteiger partial charge in [-0.25, -0.2) is 0 Å². The van der Waals surface area contributed by atoms with Gasteiger partial charge in [0, 0.05) is 31.7 Å². The smallest absolute Gasteiger partial charge is 0.254 e. The fourth-order valence-corrected chi connectivity index (χ4v) is 3.06. The van der Waals surface area contributed by atoms with Gasteiger partial charge in [-0.2, -0.15) is 0 Å². The van der Waals surface area contributed by atoms with E-state index in [9.17, 15) is 4.79 Å². The molecule has 0 radical (unpaired) electrons. The highest BCUT2D eigenvalue weighted by Crippen LogP contribution is 2.21. The zero-order valence-electron chi connectivity index (χ0n) is 14.7. The third-order valence-electron chi connectivity index (χ3n) is 4.63.